The number of aromatic nitrogens is 4. The summed E-state index contributed by atoms with van der Waals surface area (Å²) in [6.07, 6.45) is 0. The van der Waals surface area contributed by atoms with Gasteiger partial charge in [0.1, 0.15) is 0 Å². The molecule has 0 unspecified atom stereocenters. The first kappa shape index (κ1) is 21.6. The Kier molecular flexibility index (Phi) is 6.27. The van der Waals surface area contributed by atoms with Crippen LogP contribution in [-0.2, 0) is 5.75 Å². The molecule has 0 fully saturated rings. The molecule has 2 heterocycles. The third kappa shape index (κ3) is 4.52. The predicted octanol–water partition coefficient (Wildman–Crippen LogP) is 4.30. The Balaban J connectivity index is 1.51. The second-order valence-electron chi connectivity index (χ2n) is 7.11. The summed E-state index contributed by atoms with van der Waals surface area (Å²) in [7, 11) is 3.13. The van der Waals surface area contributed by atoms with Gasteiger partial charge in [-0.05, 0) is 43.7 Å². The number of ether oxygens (including phenoxy) is 2. The van der Waals surface area contributed by atoms with Gasteiger partial charge in [0.2, 0.25) is 5.16 Å². The van der Waals surface area contributed by atoms with Gasteiger partial charge in [-0.1, -0.05) is 30.0 Å². The molecule has 0 saturated carbocycles. The van der Waals surface area contributed by atoms with Crippen molar-refractivity contribution in [1.29, 1.82) is 0 Å². The molecule has 1 N–H and O–H groups in total. The van der Waals surface area contributed by atoms with Gasteiger partial charge in [0.25, 0.3) is 11.7 Å². The minimum atomic E-state index is -0.204. The van der Waals surface area contributed by atoms with Gasteiger partial charge < -0.3 is 14.8 Å². The van der Waals surface area contributed by atoms with Gasteiger partial charge in [0.15, 0.2) is 11.5 Å². The van der Waals surface area contributed by atoms with Crippen LogP contribution in [0.15, 0.2) is 53.7 Å². The van der Waals surface area contributed by atoms with Crippen LogP contribution in [0.4, 0.5) is 5.69 Å². The molecule has 2 aromatic carbocycles. The van der Waals surface area contributed by atoms with Crippen LogP contribution < -0.4 is 14.8 Å². The first-order valence-corrected chi connectivity index (χ1v) is 10.9. The third-order valence-corrected chi connectivity index (χ3v) is 5.75. The van der Waals surface area contributed by atoms with Crippen molar-refractivity contribution < 1.29 is 14.3 Å². The van der Waals surface area contributed by atoms with E-state index in [1.807, 2.05) is 38.1 Å². The Morgan fingerprint density at radius 3 is 2.59 bits per heavy atom. The monoisotopic (exact) mass is 449 g/mol. The van der Waals surface area contributed by atoms with Crippen molar-refractivity contribution in [1.82, 2.24) is 19.6 Å². The normalized spacial score (nSPS) is 10.9. The molecule has 0 aliphatic rings. The minimum Gasteiger partial charge on any atom is -0.493 e. The average Bonchev–Trinajstić information content (AvgIpc) is 3.21. The first-order chi connectivity index (χ1) is 15.5. The number of thioether (sulfide) groups is 1. The smallest absolute Gasteiger partial charge is 0.255 e. The van der Waals surface area contributed by atoms with Crippen molar-refractivity contribution in [2.45, 2.75) is 24.8 Å². The van der Waals surface area contributed by atoms with Crippen LogP contribution in [0, 0.1) is 13.8 Å². The molecule has 4 rings (SSSR count). The molecule has 0 saturated heterocycles. The SMILES string of the molecule is COc1ccc(NC(=O)c2ccccc2CSc2nc3nc(C)cc(C)n3n2)cc1OC. The fourth-order valence-electron chi connectivity index (χ4n) is 3.33. The van der Waals surface area contributed by atoms with Gasteiger partial charge in [0.05, 0.1) is 14.2 Å². The molecule has 1 amide bonds. The summed E-state index contributed by atoms with van der Waals surface area (Å²) in [5, 5.41) is 8.07. The van der Waals surface area contributed by atoms with Gasteiger partial charge in [-0.25, -0.2) is 9.50 Å². The molecular weight excluding hydrogens is 426 g/mol. The lowest BCUT2D eigenvalue weighted by Gasteiger charge is -2.12. The van der Waals surface area contributed by atoms with Gasteiger partial charge in [-0.2, -0.15) is 4.98 Å². The quantitative estimate of drug-likeness (QED) is 0.421. The largest absolute Gasteiger partial charge is 0.493 e. The molecule has 0 aliphatic carbocycles. The summed E-state index contributed by atoms with van der Waals surface area (Å²) in [6, 6.07) is 14.7. The van der Waals surface area contributed by atoms with Crippen molar-refractivity contribution in [2.24, 2.45) is 0 Å². The highest BCUT2D eigenvalue weighted by Gasteiger charge is 2.15. The highest BCUT2D eigenvalue weighted by Crippen LogP contribution is 2.30. The van der Waals surface area contributed by atoms with Crippen molar-refractivity contribution in [2.75, 3.05) is 19.5 Å². The Bertz CT molecular complexity index is 1290. The summed E-state index contributed by atoms with van der Waals surface area (Å²) >= 11 is 1.46. The zero-order chi connectivity index (χ0) is 22.7. The summed E-state index contributed by atoms with van der Waals surface area (Å²) in [6.45, 7) is 3.90. The highest BCUT2D eigenvalue weighted by molar-refractivity contribution is 7.98. The molecule has 2 aromatic heterocycles. The Labute approximate surface area is 190 Å². The predicted molar refractivity (Wildman–Crippen MR) is 124 cm³/mol. The van der Waals surface area contributed by atoms with E-state index in [2.05, 4.69) is 20.4 Å². The molecule has 4 aromatic rings. The Morgan fingerprint density at radius 1 is 1.03 bits per heavy atom. The van der Waals surface area contributed by atoms with Crippen molar-refractivity contribution >= 4 is 29.1 Å². The minimum absolute atomic E-state index is 0.204. The van der Waals surface area contributed by atoms with Crippen LogP contribution in [0.2, 0.25) is 0 Å². The van der Waals surface area contributed by atoms with Gasteiger partial charge in [-0.3, -0.25) is 4.79 Å². The van der Waals surface area contributed by atoms with E-state index in [0.29, 0.717) is 39.4 Å². The Morgan fingerprint density at radius 2 is 1.81 bits per heavy atom. The number of hydrogen-bond donors (Lipinski definition) is 1. The number of fused-ring (bicyclic) bond motifs is 1. The van der Waals surface area contributed by atoms with Crippen LogP contribution in [0.25, 0.3) is 5.78 Å². The number of methoxy groups -OCH3 is 2. The van der Waals surface area contributed by atoms with E-state index in [0.717, 1.165) is 17.0 Å². The molecule has 32 heavy (non-hydrogen) atoms. The topological polar surface area (TPSA) is 90.6 Å². The lowest BCUT2D eigenvalue weighted by Crippen LogP contribution is -2.14. The molecule has 0 radical (unpaired) electrons. The van der Waals surface area contributed by atoms with E-state index >= 15 is 0 Å². The van der Waals surface area contributed by atoms with Crippen LogP contribution in [0.3, 0.4) is 0 Å². The lowest BCUT2D eigenvalue weighted by molar-refractivity contribution is 0.102. The maximum absolute atomic E-state index is 13.0. The summed E-state index contributed by atoms with van der Waals surface area (Å²) in [4.78, 5) is 21.9. The number of anilines is 1. The molecule has 9 heteroatoms. The highest BCUT2D eigenvalue weighted by atomic mass is 32.2. The van der Waals surface area contributed by atoms with E-state index in [9.17, 15) is 4.79 Å². The molecule has 8 nitrogen and oxygen atoms in total. The zero-order valence-electron chi connectivity index (χ0n) is 18.2. The van der Waals surface area contributed by atoms with Crippen LogP contribution >= 0.6 is 11.8 Å². The number of benzene rings is 2. The lowest BCUT2D eigenvalue weighted by atomic mass is 10.1. The van der Waals surface area contributed by atoms with Crippen molar-refractivity contribution in [3.63, 3.8) is 0 Å². The van der Waals surface area contributed by atoms with E-state index < -0.39 is 0 Å². The number of aryl methyl sites for hydroxylation is 2. The van der Waals surface area contributed by atoms with E-state index in [1.165, 1.54) is 11.8 Å². The fraction of sp³-hybridized carbons (Fsp3) is 0.217. The molecular formula is C23H23N5O3S. The number of rotatable bonds is 7. The van der Waals surface area contributed by atoms with E-state index in [4.69, 9.17) is 9.47 Å². The molecule has 0 bridgehead atoms. The second-order valence-corrected chi connectivity index (χ2v) is 8.06. The zero-order valence-corrected chi connectivity index (χ0v) is 19.1. The number of carbonyl (C=O) groups excluding carboxylic acids is 1. The van der Waals surface area contributed by atoms with Gasteiger partial charge in [-0.15, -0.1) is 5.10 Å². The third-order valence-electron chi connectivity index (χ3n) is 4.86. The summed E-state index contributed by atoms with van der Waals surface area (Å²) < 4.78 is 12.3. The van der Waals surface area contributed by atoms with Crippen LogP contribution in [0.1, 0.15) is 27.3 Å². The first-order valence-electron chi connectivity index (χ1n) is 9.93. The summed E-state index contributed by atoms with van der Waals surface area (Å²) in [5.41, 5.74) is 3.96. The second kappa shape index (κ2) is 9.27. The number of carbonyl (C=O) groups is 1. The van der Waals surface area contributed by atoms with Gasteiger partial charge in [0, 0.05) is 34.5 Å². The standard InChI is InChI=1S/C23H23N5O3S/c1-14-11-15(2)28-22(24-14)26-23(27-28)32-13-16-7-5-6-8-18(16)21(29)25-17-9-10-19(30-3)20(12-17)31-4/h5-12H,13H2,1-4H3,(H,25,29). The van der Waals surface area contributed by atoms with Gasteiger partial charge >= 0.3 is 0 Å². The number of nitrogens with one attached hydrogen (secondary N) is 1. The maximum Gasteiger partial charge on any atom is 0.255 e. The van der Waals surface area contributed by atoms with E-state index in [1.54, 1.807) is 43.0 Å². The summed E-state index contributed by atoms with van der Waals surface area (Å²) in [5.74, 6) is 2.06. The van der Waals surface area contributed by atoms with E-state index in [-0.39, 0.29) is 5.91 Å². The maximum atomic E-state index is 13.0. The molecule has 0 spiro atoms. The van der Waals surface area contributed by atoms with Crippen LogP contribution in [0.5, 0.6) is 11.5 Å². The van der Waals surface area contributed by atoms with Crippen molar-refractivity contribution in [3.05, 3.63) is 71.0 Å². The average molecular weight is 450 g/mol. The molecule has 0 aliphatic heterocycles. The number of nitrogens with zero attached hydrogens (tertiary/aromatic N) is 4. The Hall–Kier alpha value is -3.59. The van der Waals surface area contributed by atoms with Crippen molar-refractivity contribution in [3.8, 4) is 11.5 Å². The fourth-order valence-corrected chi connectivity index (χ4v) is 4.15. The number of amides is 1. The number of hydrogen-bond acceptors (Lipinski definition) is 7. The molecule has 0 atom stereocenters. The van der Waals surface area contributed by atoms with Crippen LogP contribution in [-0.4, -0.2) is 39.7 Å². The molecule has 164 valence electrons.